The second kappa shape index (κ2) is 7.25. The van der Waals surface area contributed by atoms with E-state index in [1.54, 1.807) is 0 Å². The van der Waals surface area contributed by atoms with Crippen molar-refractivity contribution < 1.29 is 9.90 Å². The van der Waals surface area contributed by atoms with Gasteiger partial charge in [-0.3, -0.25) is 4.79 Å². The largest absolute Gasteiger partial charge is 0.481 e. The van der Waals surface area contributed by atoms with E-state index in [1.165, 1.54) is 25.9 Å². The number of nitrogens with one attached hydrogen (secondary N) is 1. The van der Waals surface area contributed by atoms with Crippen molar-refractivity contribution in [3.8, 4) is 0 Å². The number of rotatable bonds is 6. The van der Waals surface area contributed by atoms with E-state index >= 15 is 0 Å². The number of aliphatic carboxylic acids is 1. The predicted molar refractivity (Wildman–Crippen MR) is 76.2 cm³/mol. The van der Waals surface area contributed by atoms with Gasteiger partial charge in [-0.2, -0.15) is 0 Å². The van der Waals surface area contributed by atoms with E-state index in [2.05, 4.69) is 17.3 Å². The highest BCUT2D eigenvalue weighted by molar-refractivity contribution is 5.69. The van der Waals surface area contributed by atoms with Crippen LogP contribution >= 0.6 is 0 Å². The first-order valence-corrected chi connectivity index (χ1v) is 7.77. The molecule has 0 spiro atoms. The van der Waals surface area contributed by atoms with Crippen LogP contribution in [0, 0.1) is 17.8 Å². The van der Waals surface area contributed by atoms with Gasteiger partial charge in [0.1, 0.15) is 0 Å². The minimum Gasteiger partial charge on any atom is -0.481 e. The standard InChI is InChI=1S/C15H28N2O2/c1-17-9-7-13(11-17)6-8-16-10-12-2-4-14(5-3-12)15(18)19/h12-14,16H,2-11H2,1H3,(H,18,19). The van der Waals surface area contributed by atoms with Crippen molar-refractivity contribution in [3.63, 3.8) is 0 Å². The van der Waals surface area contributed by atoms with Crippen LogP contribution in [0.15, 0.2) is 0 Å². The maximum Gasteiger partial charge on any atom is 0.306 e. The van der Waals surface area contributed by atoms with Crippen LogP contribution in [0.3, 0.4) is 0 Å². The number of carboxylic acid groups (broad SMARTS) is 1. The first-order valence-electron chi connectivity index (χ1n) is 7.77. The Balaban J connectivity index is 1.51. The molecule has 1 aliphatic carbocycles. The summed E-state index contributed by atoms with van der Waals surface area (Å²) in [6.45, 7) is 4.71. The quantitative estimate of drug-likeness (QED) is 0.721. The molecular weight excluding hydrogens is 240 g/mol. The van der Waals surface area contributed by atoms with Gasteiger partial charge in [0.15, 0.2) is 0 Å². The Morgan fingerprint density at radius 1 is 1.21 bits per heavy atom. The maximum atomic E-state index is 10.9. The van der Waals surface area contributed by atoms with Crippen LogP contribution in [-0.2, 0) is 4.79 Å². The molecule has 0 aromatic heterocycles. The normalized spacial score (nSPS) is 32.6. The predicted octanol–water partition coefficient (Wildman–Crippen LogP) is 1.81. The summed E-state index contributed by atoms with van der Waals surface area (Å²) in [4.78, 5) is 13.3. The molecule has 1 aliphatic heterocycles. The van der Waals surface area contributed by atoms with Gasteiger partial charge in [-0.1, -0.05) is 0 Å². The van der Waals surface area contributed by atoms with Crippen LogP contribution in [-0.4, -0.2) is 49.2 Å². The molecule has 19 heavy (non-hydrogen) atoms. The fourth-order valence-electron chi connectivity index (χ4n) is 3.49. The molecule has 0 bridgehead atoms. The molecule has 1 atom stereocenters. The Morgan fingerprint density at radius 3 is 2.53 bits per heavy atom. The number of carbonyl (C=O) groups is 1. The second-order valence-corrected chi connectivity index (χ2v) is 6.47. The zero-order valence-corrected chi connectivity index (χ0v) is 12.1. The summed E-state index contributed by atoms with van der Waals surface area (Å²) >= 11 is 0. The molecule has 1 saturated heterocycles. The van der Waals surface area contributed by atoms with Crippen molar-refractivity contribution in [1.29, 1.82) is 0 Å². The fourth-order valence-corrected chi connectivity index (χ4v) is 3.49. The molecule has 2 rings (SSSR count). The lowest BCUT2D eigenvalue weighted by molar-refractivity contribution is -0.143. The Labute approximate surface area is 116 Å². The molecule has 2 aliphatic rings. The molecule has 0 radical (unpaired) electrons. The van der Waals surface area contributed by atoms with Gasteiger partial charge in [0.05, 0.1) is 5.92 Å². The lowest BCUT2D eigenvalue weighted by atomic mass is 9.82. The summed E-state index contributed by atoms with van der Waals surface area (Å²) in [5.41, 5.74) is 0. The van der Waals surface area contributed by atoms with Gasteiger partial charge < -0.3 is 15.3 Å². The topological polar surface area (TPSA) is 52.6 Å². The Bertz CT molecular complexity index is 288. The average Bonchev–Trinajstić information content (AvgIpc) is 2.81. The first-order chi connectivity index (χ1) is 9.15. The van der Waals surface area contributed by atoms with Crippen LogP contribution in [0.1, 0.15) is 38.5 Å². The van der Waals surface area contributed by atoms with E-state index in [0.717, 1.165) is 44.7 Å². The van der Waals surface area contributed by atoms with Crippen LogP contribution in [0.25, 0.3) is 0 Å². The average molecular weight is 268 g/mol. The van der Waals surface area contributed by atoms with Crippen LogP contribution in [0.5, 0.6) is 0 Å². The third-order valence-electron chi connectivity index (χ3n) is 4.85. The molecule has 4 heteroatoms. The number of hydrogen-bond acceptors (Lipinski definition) is 3. The highest BCUT2D eigenvalue weighted by Gasteiger charge is 2.25. The summed E-state index contributed by atoms with van der Waals surface area (Å²) in [7, 11) is 2.20. The van der Waals surface area contributed by atoms with E-state index in [0.29, 0.717) is 5.92 Å². The van der Waals surface area contributed by atoms with E-state index in [1.807, 2.05) is 0 Å². The minimum atomic E-state index is -0.600. The zero-order valence-electron chi connectivity index (χ0n) is 12.1. The number of carboxylic acids is 1. The SMILES string of the molecule is CN1CCC(CCNCC2CCC(C(=O)O)CC2)C1. The Hall–Kier alpha value is -0.610. The number of likely N-dealkylation sites (tertiary alicyclic amines) is 1. The molecular formula is C15H28N2O2. The van der Waals surface area contributed by atoms with Gasteiger partial charge in [0.2, 0.25) is 0 Å². The van der Waals surface area contributed by atoms with E-state index < -0.39 is 5.97 Å². The molecule has 0 aromatic carbocycles. The summed E-state index contributed by atoms with van der Waals surface area (Å²) in [6, 6.07) is 0. The monoisotopic (exact) mass is 268 g/mol. The van der Waals surface area contributed by atoms with Gasteiger partial charge in [-0.25, -0.2) is 0 Å². The molecule has 110 valence electrons. The van der Waals surface area contributed by atoms with Gasteiger partial charge in [-0.15, -0.1) is 0 Å². The smallest absolute Gasteiger partial charge is 0.306 e. The van der Waals surface area contributed by atoms with E-state index in [4.69, 9.17) is 5.11 Å². The molecule has 4 nitrogen and oxygen atoms in total. The van der Waals surface area contributed by atoms with Crippen molar-refractivity contribution in [2.75, 3.05) is 33.2 Å². The molecule has 0 aromatic rings. The van der Waals surface area contributed by atoms with Crippen molar-refractivity contribution in [2.45, 2.75) is 38.5 Å². The summed E-state index contributed by atoms with van der Waals surface area (Å²) in [5, 5.41) is 12.5. The Morgan fingerprint density at radius 2 is 1.95 bits per heavy atom. The third kappa shape index (κ3) is 4.77. The van der Waals surface area contributed by atoms with Gasteiger partial charge in [0, 0.05) is 6.54 Å². The first kappa shape index (κ1) is 14.8. The zero-order chi connectivity index (χ0) is 13.7. The van der Waals surface area contributed by atoms with Crippen LogP contribution in [0.4, 0.5) is 0 Å². The maximum absolute atomic E-state index is 10.9. The van der Waals surface area contributed by atoms with Crippen molar-refractivity contribution in [1.82, 2.24) is 10.2 Å². The molecule has 2 N–H and O–H groups in total. The molecule has 2 fully saturated rings. The molecule has 1 unspecified atom stereocenters. The van der Waals surface area contributed by atoms with Crippen LogP contribution < -0.4 is 5.32 Å². The summed E-state index contributed by atoms with van der Waals surface area (Å²) in [6.07, 6.45) is 6.53. The van der Waals surface area contributed by atoms with E-state index in [-0.39, 0.29) is 5.92 Å². The lowest BCUT2D eigenvalue weighted by Crippen LogP contribution is -2.30. The highest BCUT2D eigenvalue weighted by Crippen LogP contribution is 2.28. The summed E-state index contributed by atoms with van der Waals surface area (Å²) < 4.78 is 0. The molecule has 1 heterocycles. The highest BCUT2D eigenvalue weighted by atomic mass is 16.4. The van der Waals surface area contributed by atoms with E-state index in [9.17, 15) is 4.79 Å². The van der Waals surface area contributed by atoms with Crippen molar-refractivity contribution in [3.05, 3.63) is 0 Å². The van der Waals surface area contributed by atoms with Gasteiger partial charge in [-0.05, 0) is 77.0 Å². The lowest BCUT2D eigenvalue weighted by Gasteiger charge is -2.26. The molecule has 0 amide bonds. The van der Waals surface area contributed by atoms with Gasteiger partial charge >= 0.3 is 5.97 Å². The number of hydrogen-bond donors (Lipinski definition) is 2. The van der Waals surface area contributed by atoms with Gasteiger partial charge in [0.25, 0.3) is 0 Å². The number of nitrogens with zero attached hydrogens (tertiary/aromatic N) is 1. The van der Waals surface area contributed by atoms with Crippen LogP contribution in [0.2, 0.25) is 0 Å². The summed E-state index contributed by atoms with van der Waals surface area (Å²) in [5.74, 6) is 0.893. The third-order valence-corrected chi connectivity index (χ3v) is 4.85. The van der Waals surface area contributed by atoms with Crippen molar-refractivity contribution >= 4 is 5.97 Å². The minimum absolute atomic E-state index is 0.0784. The second-order valence-electron chi connectivity index (χ2n) is 6.47. The molecule has 1 saturated carbocycles. The fraction of sp³-hybridized carbons (Fsp3) is 0.933. The van der Waals surface area contributed by atoms with Crippen molar-refractivity contribution in [2.24, 2.45) is 17.8 Å². The Kier molecular flexibility index (Phi) is 5.64.